The Hall–Kier alpha value is -1.65. The second-order valence-electron chi connectivity index (χ2n) is 4.26. The average molecular weight is 248 g/mol. The maximum absolute atomic E-state index is 11.2. The summed E-state index contributed by atoms with van der Waals surface area (Å²) in [5.41, 5.74) is 0.834. The van der Waals surface area contributed by atoms with E-state index in [0.29, 0.717) is 13.0 Å². The number of carbonyl (C=O) groups is 1. The lowest BCUT2D eigenvalue weighted by molar-refractivity contribution is -0.243. The molecule has 4 heteroatoms. The van der Waals surface area contributed by atoms with Crippen LogP contribution >= 0.6 is 0 Å². The molecule has 1 N–H and O–H groups in total. The summed E-state index contributed by atoms with van der Waals surface area (Å²) in [6.45, 7) is 3.99. The van der Waals surface area contributed by atoms with Gasteiger partial charge in [-0.25, -0.2) is 4.79 Å². The van der Waals surface area contributed by atoms with Crippen molar-refractivity contribution in [3.05, 3.63) is 48.6 Å². The molecule has 18 heavy (non-hydrogen) atoms. The third kappa shape index (κ3) is 2.78. The van der Waals surface area contributed by atoms with E-state index in [1.165, 1.54) is 0 Å². The minimum Gasteiger partial charge on any atom is -0.479 e. The first kappa shape index (κ1) is 12.8. The van der Waals surface area contributed by atoms with Crippen molar-refractivity contribution in [2.75, 3.05) is 6.61 Å². The largest absolute Gasteiger partial charge is 0.479 e. The zero-order chi connectivity index (χ0) is 13.0. The Morgan fingerprint density at radius 1 is 1.44 bits per heavy atom. The summed E-state index contributed by atoms with van der Waals surface area (Å²) in [5.74, 6) is -1.13. The highest BCUT2D eigenvalue weighted by atomic mass is 16.7. The number of rotatable bonds is 4. The van der Waals surface area contributed by atoms with E-state index >= 15 is 0 Å². The van der Waals surface area contributed by atoms with Crippen LogP contribution in [0.3, 0.4) is 0 Å². The molecular weight excluding hydrogens is 232 g/mol. The summed E-state index contributed by atoms with van der Waals surface area (Å²) in [6.07, 6.45) is 0.810. The second-order valence-corrected chi connectivity index (χ2v) is 4.26. The number of carboxylic acid groups (broad SMARTS) is 1. The SMILES string of the molecule is C=CC[C@H]1CO[C@H](c2ccccc2)O[C@@H]1C(=O)O. The molecule has 2 rings (SSSR count). The Morgan fingerprint density at radius 3 is 2.78 bits per heavy atom. The van der Waals surface area contributed by atoms with Gasteiger partial charge in [-0.1, -0.05) is 36.4 Å². The van der Waals surface area contributed by atoms with Gasteiger partial charge in [0, 0.05) is 11.5 Å². The van der Waals surface area contributed by atoms with Crippen molar-refractivity contribution in [2.24, 2.45) is 5.92 Å². The molecule has 96 valence electrons. The molecule has 0 radical (unpaired) electrons. The standard InChI is InChI=1S/C14H16O4/c1-2-6-11-9-17-14(18-12(11)13(15)16)10-7-4-3-5-8-10/h2-5,7-8,11-12,14H,1,6,9H2,(H,15,16)/t11-,12-,14-/m0/s1. The summed E-state index contributed by atoms with van der Waals surface area (Å²) in [4.78, 5) is 11.2. The molecule has 4 nitrogen and oxygen atoms in total. The van der Waals surface area contributed by atoms with Gasteiger partial charge in [-0.15, -0.1) is 6.58 Å². The van der Waals surface area contributed by atoms with Gasteiger partial charge in [-0.3, -0.25) is 0 Å². The van der Waals surface area contributed by atoms with E-state index in [2.05, 4.69) is 6.58 Å². The third-order valence-electron chi connectivity index (χ3n) is 2.94. The topological polar surface area (TPSA) is 55.8 Å². The van der Waals surface area contributed by atoms with Gasteiger partial charge in [0.05, 0.1) is 6.61 Å². The van der Waals surface area contributed by atoms with Crippen LogP contribution in [0.2, 0.25) is 0 Å². The highest BCUT2D eigenvalue weighted by Crippen LogP contribution is 2.30. The van der Waals surface area contributed by atoms with Crippen molar-refractivity contribution in [1.29, 1.82) is 0 Å². The molecular formula is C14H16O4. The fraction of sp³-hybridized carbons (Fsp3) is 0.357. The van der Waals surface area contributed by atoms with E-state index in [0.717, 1.165) is 5.56 Å². The monoisotopic (exact) mass is 248 g/mol. The maximum atomic E-state index is 11.2. The minimum absolute atomic E-state index is 0.181. The van der Waals surface area contributed by atoms with Gasteiger partial charge in [0.15, 0.2) is 12.4 Å². The van der Waals surface area contributed by atoms with E-state index in [1.807, 2.05) is 30.3 Å². The first-order chi connectivity index (χ1) is 8.72. The molecule has 1 aromatic carbocycles. The van der Waals surface area contributed by atoms with E-state index in [4.69, 9.17) is 9.47 Å². The molecule has 1 saturated heterocycles. The van der Waals surface area contributed by atoms with Gasteiger partial charge in [-0.2, -0.15) is 0 Å². The number of aliphatic carboxylic acids is 1. The van der Waals surface area contributed by atoms with Crippen molar-refractivity contribution >= 4 is 5.97 Å². The fourth-order valence-electron chi connectivity index (χ4n) is 2.03. The Balaban J connectivity index is 2.11. The zero-order valence-corrected chi connectivity index (χ0v) is 9.99. The van der Waals surface area contributed by atoms with Gasteiger partial charge in [0.25, 0.3) is 0 Å². The highest BCUT2D eigenvalue weighted by molar-refractivity contribution is 5.72. The molecule has 1 heterocycles. The molecule has 0 aliphatic carbocycles. The summed E-state index contributed by atoms with van der Waals surface area (Å²) in [7, 11) is 0. The van der Waals surface area contributed by atoms with Gasteiger partial charge in [0.2, 0.25) is 0 Å². The van der Waals surface area contributed by atoms with Crippen LogP contribution < -0.4 is 0 Å². The number of benzene rings is 1. The van der Waals surface area contributed by atoms with E-state index in [1.54, 1.807) is 6.08 Å². The van der Waals surface area contributed by atoms with Crippen LogP contribution in [0.5, 0.6) is 0 Å². The molecule has 1 aliphatic rings. The van der Waals surface area contributed by atoms with Gasteiger partial charge < -0.3 is 14.6 Å². The predicted molar refractivity (Wildman–Crippen MR) is 65.9 cm³/mol. The lowest BCUT2D eigenvalue weighted by Gasteiger charge is -2.34. The lowest BCUT2D eigenvalue weighted by atomic mass is 9.98. The molecule has 3 atom stereocenters. The first-order valence-electron chi connectivity index (χ1n) is 5.88. The van der Waals surface area contributed by atoms with Gasteiger partial charge in [-0.05, 0) is 6.42 Å². The van der Waals surface area contributed by atoms with Crippen molar-refractivity contribution < 1.29 is 19.4 Å². The number of hydrogen-bond acceptors (Lipinski definition) is 3. The predicted octanol–water partition coefficient (Wildman–Crippen LogP) is 2.38. The molecule has 0 unspecified atom stereocenters. The molecule has 0 aromatic heterocycles. The molecule has 1 aliphatic heterocycles. The van der Waals surface area contributed by atoms with Crippen LogP contribution in [0.15, 0.2) is 43.0 Å². The van der Waals surface area contributed by atoms with Crippen LogP contribution in [-0.2, 0) is 14.3 Å². The summed E-state index contributed by atoms with van der Waals surface area (Å²) < 4.78 is 11.1. The molecule has 0 bridgehead atoms. The van der Waals surface area contributed by atoms with Crippen molar-refractivity contribution in [1.82, 2.24) is 0 Å². The summed E-state index contributed by atoms with van der Waals surface area (Å²) >= 11 is 0. The van der Waals surface area contributed by atoms with Gasteiger partial charge in [0.1, 0.15) is 0 Å². The van der Waals surface area contributed by atoms with E-state index in [-0.39, 0.29) is 5.92 Å². The van der Waals surface area contributed by atoms with Crippen molar-refractivity contribution in [3.63, 3.8) is 0 Å². The summed E-state index contributed by atoms with van der Waals surface area (Å²) in [6, 6.07) is 9.34. The fourth-order valence-corrected chi connectivity index (χ4v) is 2.03. The molecule has 1 fully saturated rings. The van der Waals surface area contributed by atoms with Crippen LogP contribution in [0.4, 0.5) is 0 Å². The number of carboxylic acids is 1. The third-order valence-corrected chi connectivity index (χ3v) is 2.94. The Bertz CT molecular complexity index is 415. The number of ether oxygens (including phenoxy) is 2. The Kier molecular flexibility index (Phi) is 4.12. The van der Waals surface area contributed by atoms with Crippen molar-refractivity contribution in [2.45, 2.75) is 18.8 Å². The average Bonchev–Trinajstić information content (AvgIpc) is 2.40. The summed E-state index contributed by atoms with van der Waals surface area (Å²) in [5, 5.41) is 9.19. The maximum Gasteiger partial charge on any atom is 0.333 e. The number of hydrogen-bond donors (Lipinski definition) is 1. The van der Waals surface area contributed by atoms with E-state index in [9.17, 15) is 9.90 Å². The molecule has 1 aromatic rings. The highest BCUT2D eigenvalue weighted by Gasteiger charge is 2.36. The van der Waals surface area contributed by atoms with Gasteiger partial charge >= 0.3 is 5.97 Å². The molecule has 0 amide bonds. The Morgan fingerprint density at radius 2 is 2.17 bits per heavy atom. The Labute approximate surface area is 106 Å². The molecule has 0 spiro atoms. The zero-order valence-electron chi connectivity index (χ0n) is 9.99. The van der Waals surface area contributed by atoms with Crippen LogP contribution in [-0.4, -0.2) is 23.8 Å². The van der Waals surface area contributed by atoms with E-state index < -0.39 is 18.4 Å². The normalized spacial score (nSPS) is 27.7. The smallest absolute Gasteiger partial charge is 0.333 e. The second kappa shape index (κ2) is 5.80. The molecule has 0 saturated carbocycles. The lowest BCUT2D eigenvalue weighted by Crippen LogP contribution is -2.41. The van der Waals surface area contributed by atoms with Crippen molar-refractivity contribution in [3.8, 4) is 0 Å². The van der Waals surface area contributed by atoms with Crippen LogP contribution in [0.1, 0.15) is 18.3 Å². The van der Waals surface area contributed by atoms with Crippen LogP contribution in [0, 0.1) is 5.92 Å². The first-order valence-corrected chi connectivity index (χ1v) is 5.88. The minimum atomic E-state index is -0.953. The van der Waals surface area contributed by atoms with Crippen LogP contribution in [0.25, 0.3) is 0 Å². The quantitative estimate of drug-likeness (QED) is 0.831. The number of allylic oxidation sites excluding steroid dienone is 1.